The Morgan fingerprint density at radius 1 is 1.25 bits per heavy atom. The van der Waals surface area contributed by atoms with Gasteiger partial charge in [0, 0.05) is 19.9 Å². The summed E-state index contributed by atoms with van der Waals surface area (Å²) in [4.78, 5) is 27.3. The van der Waals surface area contributed by atoms with Crippen molar-refractivity contribution in [3.8, 4) is 0 Å². The summed E-state index contributed by atoms with van der Waals surface area (Å²) in [5.41, 5.74) is 3.49. The first kappa shape index (κ1) is 14.2. The average Bonchev–Trinajstić information content (AvgIpc) is 2.87. The second-order valence-electron chi connectivity index (χ2n) is 4.52. The van der Waals surface area contributed by atoms with Gasteiger partial charge in [-0.3, -0.25) is 10.1 Å². The number of hydrogen-bond donors (Lipinski definition) is 2. The van der Waals surface area contributed by atoms with Crippen LogP contribution in [0.3, 0.4) is 0 Å². The number of H-pyrrole nitrogens is 1. The van der Waals surface area contributed by atoms with Gasteiger partial charge in [-0.05, 0) is 23.9 Å². The minimum absolute atomic E-state index is 0.399. The minimum Gasteiger partial charge on any atom is -0.302 e. The number of carbonyl (C=O) groups excluding carboxylic acids is 2. The van der Waals surface area contributed by atoms with E-state index in [0.717, 1.165) is 17.0 Å². The molecule has 0 aliphatic heterocycles. The Hall–Kier alpha value is -2.21. The molecule has 5 nitrogen and oxygen atoms in total. The summed E-state index contributed by atoms with van der Waals surface area (Å²) in [5.74, 6) is -0.399. The topological polar surface area (TPSA) is 72.3 Å². The molecule has 2 heterocycles. The van der Waals surface area contributed by atoms with Crippen LogP contribution in [0.4, 0.5) is 10.5 Å². The first-order valence-electron chi connectivity index (χ1n) is 6.13. The number of imide groups is 1. The lowest BCUT2D eigenvalue weighted by Gasteiger charge is -2.08. The number of anilines is 1. The Bertz CT molecular complexity index is 627. The lowest BCUT2D eigenvalue weighted by atomic mass is 10.1. The van der Waals surface area contributed by atoms with E-state index in [0.29, 0.717) is 10.6 Å². The van der Waals surface area contributed by atoms with E-state index in [1.807, 2.05) is 26.8 Å². The summed E-state index contributed by atoms with van der Waals surface area (Å²) in [7, 11) is 0. The highest BCUT2D eigenvalue weighted by molar-refractivity contribution is 7.12. The van der Waals surface area contributed by atoms with Crippen LogP contribution in [-0.2, 0) is 0 Å². The molecule has 0 fully saturated rings. The number of nitrogens with one attached hydrogen (secondary N) is 3. The van der Waals surface area contributed by atoms with Crippen molar-refractivity contribution in [2.24, 2.45) is 0 Å². The van der Waals surface area contributed by atoms with Crippen LogP contribution in [0.2, 0.25) is 0 Å². The third kappa shape index (κ3) is 3.21. The predicted molar refractivity (Wildman–Crippen MR) is 78.0 cm³/mol. The molecule has 0 radical (unpaired) electrons. The van der Waals surface area contributed by atoms with Gasteiger partial charge in [0.2, 0.25) is 5.69 Å². The number of rotatable bonds is 2. The van der Waals surface area contributed by atoms with Gasteiger partial charge in [0.1, 0.15) is 5.69 Å². The highest BCUT2D eigenvalue weighted by Gasteiger charge is 2.16. The van der Waals surface area contributed by atoms with E-state index in [2.05, 4.69) is 15.6 Å². The minimum atomic E-state index is -0.535. The van der Waals surface area contributed by atoms with Gasteiger partial charge in [-0.25, -0.2) is 9.78 Å². The van der Waals surface area contributed by atoms with Crippen LogP contribution in [0.25, 0.3) is 0 Å². The Labute approximate surface area is 121 Å². The maximum atomic E-state index is 11.9. The molecule has 0 unspecified atom stereocenters. The standard InChI is InChI=1S/C14H15N3O2S/c1-8-7-9(2)15-10(3)12(8)16-14(19)17-13(18)11-5-4-6-20-11/h4-7H,1-3H3,(H2,16,17,18,19)/p+1. The lowest BCUT2D eigenvalue weighted by molar-refractivity contribution is -0.395. The van der Waals surface area contributed by atoms with Gasteiger partial charge >= 0.3 is 6.03 Å². The van der Waals surface area contributed by atoms with E-state index in [4.69, 9.17) is 0 Å². The SMILES string of the molecule is Cc1cc(C)c(NC(=O)NC(=O)c2cccs2)c(C)[nH+]1. The van der Waals surface area contributed by atoms with E-state index < -0.39 is 11.9 Å². The smallest absolute Gasteiger partial charge is 0.302 e. The van der Waals surface area contributed by atoms with Gasteiger partial charge in [-0.2, -0.15) is 0 Å². The number of aryl methyl sites for hydroxylation is 3. The maximum absolute atomic E-state index is 11.9. The maximum Gasteiger partial charge on any atom is 0.326 e. The number of aromatic nitrogens is 1. The summed E-state index contributed by atoms with van der Waals surface area (Å²) in [6.07, 6.45) is 0. The van der Waals surface area contributed by atoms with E-state index in [9.17, 15) is 9.59 Å². The molecule has 3 N–H and O–H groups in total. The highest BCUT2D eigenvalue weighted by atomic mass is 32.1. The molecule has 0 saturated carbocycles. The van der Waals surface area contributed by atoms with E-state index in [-0.39, 0.29) is 0 Å². The van der Waals surface area contributed by atoms with Crippen LogP contribution in [0.15, 0.2) is 23.6 Å². The Balaban J connectivity index is 2.07. The van der Waals surface area contributed by atoms with Crippen molar-refractivity contribution in [2.45, 2.75) is 20.8 Å². The molecule has 0 aliphatic rings. The van der Waals surface area contributed by atoms with Gasteiger partial charge in [-0.15, -0.1) is 11.3 Å². The van der Waals surface area contributed by atoms with Crippen molar-refractivity contribution in [3.05, 3.63) is 45.4 Å². The van der Waals surface area contributed by atoms with Crippen LogP contribution in [0, 0.1) is 20.8 Å². The number of amides is 3. The molecule has 20 heavy (non-hydrogen) atoms. The molecular formula is C14H16N3O2S+. The molecule has 2 rings (SSSR count). The molecule has 104 valence electrons. The van der Waals surface area contributed by atoms with Crippen molar-refractivity contribution in [3.63, 3.8) is 0 Å². The second-order valence-corrected chi connectivity index (χ2v) is 5.47. The van der Waals surface area contributed by atoms with Crippen LogP contribution in [0.1, 0.15) is 26.6 Å². The average molecular weight is 290 g/mol. The molecule has 0 atom stereocenters. The van der Waals surface area contributed by atoms with Gasteiger partial charge in [0.25, 0.3) is 5.91 Å². The molecule has 6 heteroatoms. The predicted octanol–water partition coefficient (Wildman–Crippen LogP) is 2.45. The molecule has 0 saturated heterocycles. The third-order valence-electron chi connectivity index (χ3n) is 2.80. The Kier molecular flexibility index (Phi) is 4.14. The molecule has 2 aromatic rings. The Morgan fingerprint density at radius 3 is 2.60 bits per heavy atom. The summed E-state index contributed by atoms with van der Waals surface area (Å²) in [6.45, 7) is 5.73. The van der Waals surface area contributed by atoms with Crippen LogP contribution in [-0.4, -0.2) is 11.9 Å². The van der Waals surface area contributed by atoms with Crippen molar-refractivity contribution in [1.82, 2.24) is 5.32 Å². The zero-order valence-electron chi connectivity index (χ0n) is 11.5. The van der Waals surface area contributed by atoms with Crippen molar-refractivity contribution in [2.75, 3.05) is 5.32 Å². The van der Waals surface area contributed by atoms with Gasteiger partial charge in [-0.1, -0.05) is 6.07 Å². The quantitative estimate of drug-likeness (QED) is 0.891. The first-order valence-corrected chi connectivity index (χ1v) is 7.01. The number of pyridine rings is 1. The summed E-state index contributed by atoms with van der Waals surface area (Å²) < 4.78 is 0. The fourth-order valence-electron chi connectivity index (χ4n) is 2.00. The highest BCUT2D eigenvalue weighted by Crippen LogP contribution is 2.16. The normalized spacial score (nSPS) is 10.2. The third-order valence-corrected chi connectivity index (χ3v) is 3.67. The number of urea groups is 1. The number of hydrogen-bond acceptors (Lipinski definition) is 3. The number of thiophene rings is 1. The molecule has 0 aliphatic carbocycles. The van der Waals surface area contributed by atoms with E-state index in [1.165, 1.54) is 11.3 Å². The summed E-state index contributed by atoms with van der Waals surface area (Å²) in [5, 5.41) is 6.80. The van der Waals surface area contributed by atoms with Crippen LogP contribution in [0.5, 0.6) is 0 Å². The van der Waals surface area contributed by atoms with Gasteiger partial charge in [0.05, 0.1) is 4.88 Å². The molecule has 3 amide bonds. The molecular weight excluding hydrogens is 274 g/mol. The van der Waals surface area contributed by atoms with Crippen molar-refractivity contribution < 1.29 is 14.6 Å². The summed E-state index contributed by atoms with van der Waals surface area (Å²) in [6, 6.07) is 4.83. The van der Waals surface area contributed by atoms with Crippen LogP contribution >= 0.6 is 11.3 Å². The number of aromatic amines is 1. The molecule has 0 aromatic carbocycles. The fraction of sp³-hybridized carbons (Fsp3) is 0.214. The van der Waals surface area contributed by atoms with E-state index >= 15 is 0 Å². The Morgan fingerprint density at radius 2 is 2.00 bits per heavy atom. The largest absolute Gasteiger partial charge is 0.326 e. The first-order chi connectivity index (χ1) is 9.47. The second kappa shape index (κ2) is 5.83. The molecule has 0 bridgehead atoms. The van der Waals surface area contributed by atoms with Crippen LogP contribution < -0.4 is 15.6 Å². The van der Waals surface area contributed by atoms with E-state index in [1.54, 1.807) is 17.5 Å². The van der Waals surface area contributed by atoms with Crippen molar-refractivity contribution in [1.29, 1.82) is 0 Å². The molecule has 2 aromatic heterocycles. The van der Waals surface area contributed by atoms with Gasteiger partial charge in [0.15, 0.2) is 5.69 Å². The summed E-state index contributed by atoms with van der Waals surface area (Å²) >= 11 is 1.29. The zero-order valence-corrected chi connectivity index (χ0v) is 12.4. The van der Waals surface area contributed by atoms with Crippen molar-refractivity contribution >= 4 is 29.0 Å². The fourth-order valence-corrected chi connectivity index (χ4v) is 2.62. The molecule has 0 spiro atoms. The number of carbonyl (C=O) groups is 2. The monoisotopic (exact) mass is 290 g/mol. The lowest BCUT2D eigenvalue weighted by Crippen LogP contribution is -2.35. The zero-order chi connectivity index (χ0) is 14.7. The van der Waals surface area contributed by atoms with Gasteiger partial charge < -0.3 is 5.32 Å².